The second kappa shape index (κ2) is 15.3. The van der Waals surface area contributed by atoms with E-state index in [0.717, 1.165) is 78.1 Å². The van der Waals surface area contributed by atoms with Crippen LogP contribution in [0.2, 0.25) is 0 Å². The summed E-state index contributed by atoms with van der Waals surface area (Å²) in [6.45, 7) is 0. The summed E-state index contributed by atoms with van der Waals surface area (Å²) in [5.41, 5.74) is 17.7. The molecule has 0 amide bonds. The molecule has 0 saturated heterocycles. The van der Waals surface area contributed by atoms with Crippen molar-refractivity contribution in [2.45, 2.75) is 0 Å². The van der Waals surface area contributed by atoms with Crippen molar-refractivity contribution in [1.82, 2.24) is 4.57 Å². The molecule has 0 fully saturated rings. The van der Waals surface area contributed by atoms with Crippen LogP contribution in [0.5, 0.6) is 0 Å². The highest BCUT2D eigenvalue weighted by Gasteiger charge is 2.19. The zero-order valence-electron chi connectivity index (χ0n) is 34.4. The van der Waals surface area contributed by atoms with Gasteiger partial charge in [0, 0.05) is 49.7 Å². The third-order valence-corrected chi connectivity index (χ3v) is 12.4. The maximum absolute atomic E-state index is 6.44. The Balaban J connectivity index is 0.964. The molecule has 0 aliphatic heterocycles. The molecule has 3 heteroatoms. The summed E-state index contributed by atoms with van der Waals surface area (Å²) in [4.78, 5) is 2.38. The van der Waals surface area contributed by atoms with Crippen molar-refractivity contribution in [3.8, 4) is 50.2 Å². The molecule has 0 spiro atoms. The number of hydrogen-bond donors (Lipinski definition) is 0. The molecule has 0 radical (unpaired) electrons. The van der Waals surface area contributed by atoms with Gasteiger partial charge < -0.3 is 13.9 Å². The third kappa shape index (κ3) is 6.38. The molecule has 296 valence electrons. The van der Waals surface area contributed by atoms with Crippen LogP contribution >= 0.6 is 0 Å². The molecular formula is C60H40N2O. The van der Waals surface area contributed by atoms with Crippen LogP contribution in [0.25, 0.3) is 93.9 Å². The molecule has 0 aliphatic carbocycles. The molecule has 0 bridgehead atoms. The van der Waals surface area contributed by atoms with Crippen molar-refractivity contribution in [3.63, 3.8) is 0 Å². The smallest absolute Gasteiger partial charge is 0.143 e. The Hall–Kier alpha value is -8.40. The fourth-order valence-electron chi connectivity index (χ4n) is 9.45. The number of furan rings is 1. The Labute approximate surface area is 366 Å². The largest absolute Gasteiger partial charge is 0.455 e. The summed E-state index contributed by atoms with van der Waals surface area (Å²) >= 11 is 0. The van der Waals surface area contributed by atoms with E-state index in [2.05, 4.69) is 240 Å². The SMILES string of the molecule is c1ccc(-c2cccc(N(c3ccc(-c4cccc(-c5cccc6c5oc5ccccc56)c4)cc3)c3cccc(-c4ccccc4-n4c5ccccc5c5ccccc54)c3)c2)cc1. The number of benzene rings is 10. The van der Waals surface area contributed by atoms with Crippen LogP contribution in [0.3, 0.4) is 0 Å². The van der Waals surface area contributed by atoms with Crippen LogP contribution in [-0.2, 0) is 0 Å². The van der Waals surface area contributed by atoms with E-state index in [0.29, 0.717) is 0 Å². The van der Waals surface area contributed by atoms with Crippen molar-refractivity contribution in [1.29, 1.82) is 0 Å². The molecule has 0 N–H and O–H groups in total. The molecule has 0 atom stereocenters. The maximum Gasteiger partial charge on any atom is 0.143 e. The molecule has 2 heterocycles. The van der Waals surface area contributed by atoms with Gasteiger partial charge in [0.1, 0.15) is 11.2 Å². The quantitative estimate of drug-likeness (QED) is 0.153. The highest BCUT2D eigenvalue weighted by Crippen LogP contribution is 2.42. The van der Waals surface area contributed by atoms with Crippen LogP contribution < -0.4 is 4.90 Å². The Kier molecular flexibility index (Phi) is 8.83. The predicted molar refractivity (Wildman–Crippen MR) is 264 cm³/mol. The van der Waals surface area contributed by atoms with Gasteiger partial charge >= 0.3 is 0 Å². The maximum atomic E-state index is 6.44. The van der Waals surface area contributed by atoms with Crippen LogP contribution in [-0.4, -0.2) is 4.57 Å². The molecule has 10 aromatic carbocycles. The highest BCUT2D eigenvalue weighted by molar-refractivity contribution is 6.11. The molecule has 0 aliphatic rings. The molecule has 12 rings (SSSR count). The van der Waals surface area contributed by atoms with E-state index < -0.39 is 0 Å². The Morgan fingerprint density at radius 3 is 1.54 bits per heavy atom. The monoisotopic (exact) mass is 804 g/mol. The van der Waals surface area contributed by atoms with E-state index >= 15 is 0 Å². The number of aromatic nitrogens is 1. The van der Waals surface area contributed by atoms with E-state index in [-0.39, 0.29) is 0 Å². The average molecular weight is 805 g/mol. The molecule has 12 aromatic rings. The lowest BCUT2D eigenvalue weighted by molar-refractivity contribution is 0.670. The second-order valence-corrected chi connectivity index (χ2v) is 16.1. The lowest BCUT2D eigenvalue weighted by atomic mass is 9.97. The first-order chi connectivity index (χ1) is 31.2. The van der Waals surface area contributed by atoms with Crippen LogP contribution in [0.15, 0.2) is 247 Å². The van der Waals surface area contributed by atoms with E-state index in [4.69, 9.17) is 4.42 Å². The van der Waals surface area contributed by atoms with Gasteiger partial charge in [0.25, 0.3) is 0 Å². The summed E-state index contributed by atoms with van der Waals surface area (Å²) in [5, 5.41) is 4.77. The molecule has 63 heavy (non-hydrogen) atoms. The molecular weight excluding hydrogens is 765 g/mol. The lowest BCUT2D eigenvalue weighted by Gasteiger charge is -2.27. The van der Waals surface area contributed by atoms with Crippen molar-refractivity contribution in [3.05, 3.63) is 243 Å². The minimum atomic E-state index is 0.906. The van der Waals surface area contributed by atoms with Crippen LogP contribution in [0.1, 0.15) is 0 Å². The fraction of sp³-hybridized carbons (Fsp3) is 0. The van der Waals surface area contributed by atoms with Crippen molar-refractivity contribution < 1.29 is 4.42 Å². The fourth-order valence-corrected chi connectivity index (χ4v) is 9.45. The minimum Gasteiger partial charge on any atom is -0.455 e. The van der Waals surface area contributed by atoms with Crippen molar-refractivity contribution in [2.24, 2.45) is 0 Å². The number of nitrogens with zero attached hydrogens (tertiary/aromatic N) is 2. The summed E-state index contributed by atoms with van der Waals surface area (Å²) in [7, 11) is 0. The van der Waals surface area contributed by atoms with Crippen molar-refractivity contribution >= 4 is 60.8 Å². The normalized spacial score (nSPS) is 11.5. The number of para-hydroxylation sites is 5. The first-order valence-electron chi connectivity index (χ1n) is 21.5. The van der Waals surface area contributed by atoms with Gasteiger partial charge in [-0.3, -0.25) is 0 Å². The number of hydrogen-bond acceptors (Lipinski definition) is 2. The van der Waals surface area contributed by atoms with Gasteiger partial charge in [-0.25, -0.2) is 0 Å². The van der Waals surface area contributed by atoms with Gasteiger partial charge in [0.15, 0.2) is 0 Å². The Morgan fingerprint density at radius 1 is 0.302 bits per heavy atom. The van der Waals surface area contributed by atoms with E-state index in [1.807, 2.05) is 12.1 Å². The van der Waals surface area contributed by atoms with Crippen molar-refractivity contribution in [2.75, 3.05) is 4.90 Å². The van der Waals surface area contributed by atoms with Gasteiger partial charge in [0.05, 0.1) is 16.7 Å². The first kappa shape index (κ1) is 36.5. The van der Waals surface area contributed by atoms with E-state index in [1.165, 1.54) is 32.9 Å². The Morgan fingerprint density at radius 2 is 0.794 bits per heavy atom. The van der Waals surface area contributed by atoms with Gasteiger partial charge in [0.2, 0.25) is 0 Å². The van der Waals surface area contributed by atoms with Gasteiger partial charge in [-0.2, -0.15) is 0 Å². The summed E-state index contributed by atoms with van der Waals surface area (Å²) in [6.07, 6.45) is 0. The number of anilines is 3. The van der Waals surface area contributed by atoms with E-state index in [1.54, 1.807) is 0 Å². The lowest BCUT2D eigenvalue weighted by Crippen LogP contribution is -2.10. The standard InChI is InChI=1S/C60H40N2O/c1-2-16-41(17-3-1)44-19-13-22-48(39-44)61(47-36-34-42(35-37-47)43-18-12-20-45(38-43)51-28-15-29-55-54-27-7-11-33-59(54)63-60(51)55)49-23-14-21-46(40-49)50-24-4-8-30-56(50)62-57-31-9-5-25-52(57)53-26-6-10-32-58(53)62/h1-40H. The van der Waals surface area contributed by atoms with E-state index in [9.17, 15) is 0 Å². The number of fused-ring (bicyclic) bond motifs is 6. The van der Waals surface area contributed by atoms with Gasteiger partial charge in [-0.1, -0.05) is 176 Å². The topological polar surface area (TPSA) is 21.3 Å². The highest BCUT2D eigenvalue weighted by atomic mass is 16.3. The summed E-state index contributed by atoms with van der Waals surface area (Å²) < 4.78 is 8.85. The third-order valence-electron chi connectivity index (χ3n) is 12.4. The average Bonchev–Trinajstić information content (AvgIpc) is 3.91. The Bertz CT molecular complexity index is 3580. The zero-order chi connectivity index (χ0) is 41.7. The van der Waals surface area contributed by atoms with Crippen LogP contribution in [0, 0.1) is 0 Å². The molecule has 3 nitrogen and oxygen atoms in total. The predicted octanol–water partition coefficient (Wildman–Crippen LogP) is 16.8. The van der Waals surface area contributed by atoms with Crippen LogP contribution in [0.4, 0.5) is 17.1 Å². The number of rotatable bonds is 8. The molecule has 2 aromatic heterocycles. The zero-order valence-corrected chi connectivity index (χ0v) is 34.4. The summed E-state index contributed by atoms with van der Waals surface area (Å²) in [5.74, 6) is 0. The summed E-state index contributed by atoms with van der Waals surface area (Å²) in [6, 6.07) is 87.1. The molecule has 0 saturated carbocycles. The van der Waals surface area contributed by atoms with Gasteiger partial charge in [-0.05, 0) is 100 Å². The first-order valence-corrected chi connectivity index (χ1v) is 21.5. The minimum absolute atomic E-state index is 0.906. The van der Waals surface area contributed by atoms with Gasteiger partial charge in [-0.15, -0.1) is 0 Å². The second-order valence-electron chi connectivity index (χ2n) is 16.1. The molecule has 0 unspecified atom stereocenters.